The van der Waals surface area contributed by atoms with Gasteiger partial charge in [-0.25, -0.2) is 9.59 Å². The Morgan fingerprint density at radius 1 is 1.26 bits per heavy atom. The van der Waals surface area contributed by atoms with Crippen LogP contribution in [0.25, 0.3) is 11.0 Å². The number of furan rings is 1. The highest BCUT2D eigenvalue weighted by Gasteiger charge is 2.16. The molecule has 3 rings (SSSR count). The van der Waals surface area contributed by atoms with Crippen LogP contribution in [0, 0.1) is 6.92 Å². The lowest BCUT2D eigenvalue weighted by molar-refractivity contribution is 0.0700. The molecule has 5 heteroatoms. The van der Waals surface area contributed by atoms with Crippen LogP contribution in [0.5, 0.6) is 5.75 Å². The van der Waals surface area contributed by atoms with Crippen molar-refractivity contribution in [1.29, 1.82) is 0 Å². The van der Waals surface area contributed by atoms with Gasteiger partial charge in [0.25, 0.3) is 0 Å². The van der Waals surface area contributed by atoms with Crippen molar-refractivity contribution in [3.8, 4) is 5.75 Å². The fourth-order valence-electron chi connectivity index (χ4n) is 2.54. The van der Waals surface area contributed by atoms with E-state index in [4.69, 9.17) is 13.6 Å². The van der Waals surface area contributed by atoms with Crippen molar-refractivity contribution in [3.63, 3.8) is 0 Å². The number of rotatable bonds is 4. The zero-order valence-corrected chi connectivity index (χ0v) is 12.9. The van der Waals surface area contributed by atoms with Crippen LogP contribution in [0.3, 0.4) is 0 Å². The van der Waals surface area contributed by atoms with Gasteiger partial charge in [0.15, 0.2) is 0 Å². The number of carbonyl (C=O) groups is 1. The smallest absolute Gasteiger partial charge is 0.379 e. The van der Waals surface area contributed by atoms with E-state index in [0.29, 0.717) is 16.9 Å². The first-order chi connectivity index (χ1) is 11.1. The zero-order valence-electron chi connectivity index (χ0n) is 12.9. The predicted octanol–water partition coefficient (Wildman–Crippen LogP) is 3.87. The summed E-state index contributed by atoms with van der Waals surface area (Å²) in [7, 11) is 0. The Kier molecular flexibility index (Phi) is 4.02. The molecule has 118 valence electrons. The summed E-state index contributed by atoms with van der Waals surface area (Å²) in [6.07, 6.45) is 3.11. The van der Waals surface area contributed by atoms with E-state index in [9.17, 15) is 9.59 Å². The van der Waals surface area contributed by atoms with E-state index in [-0.39, 0.29) is 5.76 Å². The minimum Gasteiger partial charge on any atom is -0.457 e. The average molecular weight is 312 g/mol. The maximum Gasteiger partial charge on any atom is 0.379 e. The monoisotopic (exact) mass is 312 g/mol. The molecule has 2 heterocycles. The summed E-state index contributed by atoms with van der Waals surface area (Å²) in [6, 6.07) is 8.16. The van der Waals surface area contributed by atoms with Gasteiger partial charge >= 0.3 is 11.6 Å². The average Bonchev–Trinajstić information content (AvgIpc) is 3.05. The van der Waals surface area contributed by atoms with Crippen molar-refractivity contribution in [1.82, 2.24) is 0 Å². The van der Waals surface area contributed by atoms with E-state index in [2.05, 4.69) is 0 Å². The molecule has 0 fully saturated rings. The SMILES string of the molecule is CCCc1cc(=O)oc2c(C)c(OC(=O)c3ccco3)ccc12. The van der Waals surface area contributed by atoms with E-state index in [0.717, 1.165) is 23.8 Å². The first-order valence-corrected chi connectivity index (χ1v) is 7.42. The maximum absolute atomic E-state index is 12.0. The lowest BCUT2D eigenvalue weighted by atomic mass is 10.0. The number of hydrogen-bond acceptors (Lipinski definition) is 5. The molecule has 0 radical (unpaired) electrons. The van der Waals surface area contributed by atoms with Crippen LogP contribution in [-0.2, 0) is 6.42 Å². The highest BCUT2D eigenvalue weighted by Crippen LogP contribution is 2.29. The predicted molar refractivity (Wildman–Crippen MR) is 84.9 cm³/mol. The summed E-state index contributed by atoms with van der Waals surface area (Å²) in [4.78, 5) is 23.8. The highest BCUT2D eigenvalue weighted by molar-refractivity contribution is 5.90. The van der Waals surface area contributed by atoms with E-state index >= 15 is 0 Å². The summed E-state index contributed by atoms with van der Waals surface area (Å²) in [5, 5.41) is 0.863. The Balaban J connectivity index is 2.05. The van der Waals surface area contributed by atoms with E-state index in [1.54, 1.807) is 25.1 Å². The summed E-state index contributed by atoms with van der Waals surface area (Å²) >= 11 is 0. The van der Waals surface area contributed by atoms with Crippen LogP contribution in [0.15, 0.2) is 50.2 Å². The van der Waals surface area contributed by atoms with Gasteiger partial charge in [0.05, 0.1) is 6.26 Å². The van der Waals surface area contributed by atoms with Crippen molar-refractivity contribution < 1.29 is 18.4 Å². The second-order valence-corrected chi connectivity index (χ2v) is 5.27. The Labute approximate surface area is 132 Å². The molecule has 0 aliphatic rings. The van der Waals surface area contributed by atoms with Gasteiger partial charge in [-0.15, -0.1) is 0 Å². The minimum absolute atomic E-state index is 0.116. The zero-order chi connectivity index (χ0) is 16.4. The van der Waals surface area contributed by atoms with Gasteiger partial charge in [-0.3, -0.25) is 0 Å². The van der Waals surface area contributed by atoms with Crippen LogP contribution in [0.1, 0.15) is 35.0 Å². The van der Waals surface area contributed by atoms with Crippen LogP contribution >= 0.6 is 0 Å². The summed E-state index contributed by atoms with van der Waals surface area (Å²) in [6.45, 7) is 3.80. The molecule has 0 bridgehead atoms. The largest absolute Gasteiger partial charge is 0.457 e. The van der Waals surface area contributed by atoms with Crippen LogP contribution in [0.4, 0.5) is 0 Å². The minimum atomic E-state index is -0.593. The number of benzene rings is 1. The van der Waals surface area contributed by atoms with Crippen molar-refractivity contribution in [2.75, 3.05) is 0 Å². The molecule has 0 amide bonds. The molecule has 1 aromatic carbocycles. The van der Waals surface area contributed by atoms with E-state index < -0.39 is 11.6 Å². The Bertz CT molecular complexity index is 903. The topological polar surface area (TPSA) is 69.7 Å². The van der Waals surface area contributed by atoms with Gasteiger partial charge in [-0.1, -0.05) is 13.3 Å². The molecule has 2 aromatic heterocycles. The number of esters is 1. The second-order valence-electron chi connectivity index (χ2n) is 5.27. The van der Waals surface area contributed by atoms with Crippen molar-refractivity contribution in [2.24, 2.45) is 0 Å². The summed E-state index contributed by atoms with van der Waals surface area (Å²) in [5.74, 6) is -0.133. The molecule has 0 aliphatic carbocycles. The molecule has 5 nitrogen and oxygen atoms in total. The summed E-state index contributed by atoms with van der Waals surface area (Å²) < 4.78 is 15.7. The molecule has 0 saturated carbocycles. The van der Waals surface area contributed by atoms with Gasteiger partial charge in [0, 0.05) is 17.0 Å². The van der Waals surface area contributed by atoms with Crippen LogP contribution in [0.2, 0.25) is 0 Å². The van der Waals surface area contributed by atoms with E-state index in [1.807, 2.05) is 6.92 Å². The molecule has 0 saturated heterocycles. The Morgan fingerprint density at radius 3 is 2.78 bits per heavy atom. The maximum atomic E-state index is 12.0. The second kappa shape index (κ2) is 6.12. The van der Waals surface area contributed by atoms with Gasteiger partial charge in [0.1, 0.15) is 11.3 Å². The van der Waals surface area contributed by atoms with Gasteiger partial charge in [-0.2, -0.15) is 0 Å². The summed E-state index contributed by atoms with van der Waals surface area (Å²) in [5.41, 5.74) is 1.59. The molecule has 0 N–H and O–H groups in total. The number of hydrogen-bond donors (Lipinski definition) is 0. The number of fused-ring (bicyclic) bond motifs is 1. The lowest BCUT2D eigenvalue weighted by Gasteiger charge is -2.10. The van der Waals surface area contributed by atoms with Crippen molar-refractivity contribution in [3.05, 3.63) is 63.9 Å². The Morgan fingerprint density at radius 2 is 2.09 bits per heavy atom. The normalized spacial score (nSPS) is 10.9. The lowest BCUT2D eigenvalue weighted by Crippen LogP contribution is -2.09. The first-order valence-electron chi connectivity index (χ1n) is 7.42. The number of carbonyl (C=O) groups excluding carboxylic acids is 1. The molecular formula is C18H16O5. The van der Waals surface area contributed by atoms with Crippen LogP contribution in [-0.4, -0.2) is 5.97 Å². The molecule has 3 aromatic rings. The Hall–Kier alpha value is -2.82. The fourth-order valence-corrected chi connectivity index (χ4v) is 2.54. The molecule has 0 atom stereocenters. The standard InChI is InChI=1S/C18H16O5/c1-3-5-12-10-16(19)23-17-11(2)14(8-7-13(12)17)22-18(20)15-6-4-9-21-15/h4,6-10H,3,5H2,1-2H3. The van der Waals surface area contributed by atoms with Gasteiger partial charge in [-0.05, 0) is 43.2 Å². The molecule has 0 aliphatic heterocycles. The first kappa shape index (κ1) is 15.1. The fraction of sp³-hybridized carbons (Fsp3) is 0.222. The van der Waals surface area contributed by atoms with Crippen molar-refractivity contribution >= 4 is 16.9 Å². The number of aryl methyl sites for hydroxylation is 2. The third-order valence-corrected chi connectivity index (χ3v) is 3.64. The quantitative estimate of drug-likeness (QED) is 0.415. The molecule has 0 spiro atoms. The third-order valence-electron chi connectivity index (χ3n) is 3.64. The van der Waals surface area contributed by atoms with Gasteiger partial charge in [0.2, 0.25) is 5.76 Å². The highest BCUT2D eigenvalue weighted by atomic mass is 16.5. The third kappa shape index (κ3) is 2.90. The van der Waals surface area contributed by atoms with Crippen LogP contribution < -0.4 is 10.4 Å². The van der Waals surface area contributed by atoms with E-state index in [1.165, 1.54) is 18.4 Å². The number of ether oxygens (including phenoxy) is 1. The molecule has 0 unspecified atom stereocenters. The van der Waals surface area contributed by atoms with Crippen molar-refractivity contribution in [2.45, 2.75) is 26.7 Å². The molecular weight excluding hydrogens is 296 g/mol. The van der Waals surface area contributed by atoms with Gasteiger partial charge < -0.3 is 13.6 Å². The molecule has 23 heavy (non-hydrogen) atoms.